The second-order valence-electron chi connectivity index (χ2n) is 28.5. The number of rotatable bonds is 30. The first-order valence-corrected chi connectivity index (χ1v) is 32.9. The van der Waals surface area contributed by atoms with Crippen LogP contribution in [0.4, 0.5) is 13.3 Å². The van der Waals surface area contributed by atoms with Crippen LogP contribution in [0.3, 0.4) is 0 Å². The summed E-state index contributed by atoms with van der Waals surface area (Å²) in [4.78, 5) is 37.0. The Morgan fingerprint density at radius 3 is 1.06 bits per heavy atom. The molecule has 3 atom stereocenters. The van der Waals surface area contributed by atoms with Crippen molar-refractivity contribution in [3.05, 3.63) is 118 Å². The van der Waals surface area contributed by atoms with Crippen molar-refractivity contribution in [2.75, 3.05) is 121 Å². The number of halogens is 3. The van der Waals surface area contributed by atoms with E-state index in [0.717, 1.165) is 62.6 Å². The molecule has 0 aromatic heterocycles. The Kier molecular flexibility index (Phi) is 51.2. The van der Waals surface area contributed by atoms with E-state index in [4.69, 9.17) is 41.2 Å². The number of hydrogen-bond donors (Lipinski definition) is 1. The largest absolute Gasteiger partial charge is 0.463 e. The van der Waals surface area contributed by atoms with Crippen LogP contribution >= 0.6 is 39.7 Å². The molecule has 4 aromatic rings. The molecule has 3 saturated heterocycles. The fraction of sp³-hybridized carbons (Fsp3) is 0.684. The van der Waals surface area contributed by atoms with Crippen LogP contribution in [0.5, 0.6) is 0 Å². The number of thiol groups is 1. The number of esters is 3. The SMILES string of the molecule is C.C.C.C.C.C.COCCOC(=O)C(C)(C)CCC(C)c1ccc(C[N+]2(C)CCCC2)cc1.COCCOC(=O)C(C)(C)CCC(C)c1ccc(C[N+]2(C)CCCC2)cc1.COCCOC(=O)C(C)(C)CCC(C)c1cccc2c(C[N+]3(C)CCCC3)cccc12.[3H]F.[3H]F.[3H]S.[3H]S.[3H]SF. The molecular formula is C79H147F3N3O9S3+3. The predicted octanol–water partition coefficient (Wildman–Crippen LogP) is 19.9. The van der Waals surface area contributed by atoms with Gasteiger partial charge in [0.05, 0.1) is 98.7 Å². The molecule has 7 rings (SSSR count). The van der Waals surface area contributed by atoms with Gasteiger partial charge in [0.25, 0.3) is 2.90 Å². The number of ether oxygens (including phenoxy) is 6. The van der Waals surface area contributed by atoms with Gasteiger partial charge in [0.2, 0.25) is 0 Å². The number of nitrogens with zero attached hydrogens (tertiary/aromatic N) is 3. The highest BCUT2D eigenvalue weighted by Crippen LogP contribution is 2.37. The monoisotopic (exact) mass is 1450 g/mol. The molecule has 3 aliphatic heterocycles. The summed E-state index contributed by atoms with van der Waals surface area (Å²) in [6.45, 7) is 32.1. The number of hydrogen-bond acceptors (Lipinski definition) is 10. The molecule has 0 spiro atoms. The van der Waals surface area contributed by atoms with Crippen molar-refractivity contribution < 1.29 is 69.6 Å². The van der Waals surface area contributed by atoms with Crippen molar-refractivity contribution in [1.82, 2.24) is 0 Å². The number of likely N-dealkylation sites (tertiary alicyclic amines) is 3. The first kappa shape index (κ1) is 95.2. The molecule has 568 valence electrons. The van der Waals surface area contributed by atoms with Crippen molar-refractivity contribution in [1.29, 1.82) is 6.27 Å². The number of carbonyl (C=O) groups is 3. The van der Waals surface area contributed by atoms with E-state index < -0.39 is 29.2 Å². The molecule has 18 heteroatoms. The fourth-order valence-electron chi connectivity index (χ4n) is 12.7. The molecule has 3 heterocycles. The fourth-order valence-corrected chi connectivity index (χ4v) is 12.7. The smallest absolute Gasteiger partial charge is 0.311 e. The third kappa shape index (κ3) is 35.5. The Balaban J connectivity index is -0.000000242. The molecule has 3 fully saturated rings. The molecule has 0 aliphatic carbocycles. The maximum absolute atomic E-state index is 12.5. The maximum atomic E-state index is 12.5. The van der Waals surface area contributed by atoms with Crippen LogP contribution < -0.4 is 0 Å². The lowest BCUT2D eigenvalue weighted by molar-refractivity contribution is -0.910. The molecule has 3 unspecified atom stereocenters. The maximum Gasteiger partial charge on any atom is 0.311 e. The van der Waals surface area contributed by atoms with E-state index in [1.807, 2.05) is 41.5 Å². The van der Waals surface area contributed by atoms with Gasteiger partial charge in [0.1, 0.15) is 40.6 Å². The second kappa shape index (κ2) is 52.2. The van der Waals surface area contributed by atoms with Crippen molar-refractivity contribution in [2.24, 2.45) is 16.2 Å². The summed E-state index contributed by atoms with van der Waals surface area (Å²) >= 11 is 5.06. The zero-order valence-electron chi connectivity index (χ0n) is 63.4. The standard InChI is InChI=1S/C27H40NO3.2C23H38NO3.6CH4.FHS.2FH.2H2S/c1-21(14-15-27(2,3)26(29)31-19-18-30-5)23-11-9-12-24-22(10-8-13-25(23)24)20-28(4)16-6-7-17-28;2*1-19(12-13-23(2,3)22(25)27-17-16-26-5)21-10-8-20(9-11-21)18-24(4)14-6-7-15-24;;;;;;;1-2;;;;/h8-13,21H,6-7,14-20H2,1-5H3;2*8-11,19H,6-7,12-18H2,1-5H3;6*1H4;2H;2*1H;2*1H2/q3*+1;;;;;;;;;;;/i;;;;;;;;;2T;;;;/hT4. The third-order valence-corrected chi connectivity index (χ3v) is 19.1. The highest BCUT2D eigenvalue weighted by atomic mass is 32.1. The van der Waals surface area contributed by atoms with Gasteiger partial charge in [-0.25, -0.2) is 0 Å². The molecule has 0 amide bonds. The molecule has 12 nitrogen and oxygen atoms in total. The van der Waals surface area contributed by atoms with E-state index in [2.05, 4.69) is 157 Å². The normalized spacial score (nSPS) is 15.8. The molecule has 0 bridgehead atoms. The third-order valence-electron chi connectivity index (χ3n) is 19.1. The molecule has 0 saturated carbocycles. The Morgan fingerprint density at radius 1 is 0.474 bits per heavy atom. The first-order valence-electron chi connectivity index (χ1n) is 34.7. The van der Waals surface area contributed by atoms with Crippen molar-refractivity contribution in [3.63, 3.8) is 0 Å². The molecule has 3 aliphatic rings. The van der Waals surface area contributed by atoms with Gasteiger partial charge in [-0.3, -0.25) is 23.8 Å². The van der Waals surface area contributed by atoms with E-state index >= 15 is 0 Å². The quantitative estimate of drug-likeness (QED) is 0.0180. The van der Waals surface area contributed by atoms with Gasteiger partial charge >= 0.3 is 17.9 Å². The summed E-state index contributed by atoms with van der Waals surface area (Å²) in [7, 11) is 12.0. The van der Waals surface area contributed by atoms with Crippen LogP contribution in [-0.4, -0.2) is 159 Å². The van der Waals surface area contributed by atoms with Crippen LogP contribution in [-0.2, 0) is 62.4 Å². The van der Waals surface area contributed by atoms with Gasteiger partial charge in [-0.2, -0.15) is 30.7 Å². The Bertz CT molecular complexity index is 2610. The number of methoxy groups -OCH3 is 3. The van der Waals surface area contributed by atoms with Gasteiger partial charge in [-0.05, 0) is 125 Å². The van der Waals surface area contributed by atoms with Crippen LogP contribution in [0.15, 0.2) is 84.9 Å². The van der Waals surface area contributed by atoms with Crippen LogP contribution in [0.1, 0.15) is 235 Å². The molecule has 0 N–H and O–H groups in total. The molecule has 0 radical (unpaired) electrons. The van der Waals surface area contributed by atoms with Gasteiger partial charge in [-0.1, -0.05) is 150 Å². The topological polar surface area (TPSA) is 107 Å². The molecule has 4 aromatic carbocycles. The minimum atomic E-state index is -0.500. The Hall–Kier alpha value is -3.85. The van der Waals surface area contributed by atoms with Crippen molar-refractivity contribution in [3.8, 4) is 0 Å². The van der Waals surface area contributed by atoms with Gasteiger partial charge < -0.3 is 41.9 Å². The Morgan fingerprint density at radius 2 is 0.753 bits per heavy atom. The minimum absolute atomic E-state index is 0. The lowest BCUT2D eigenvalue weighted by Gasteiger charge is -2.30. The van der Waals surface area contributed by atoms with E-state index in [1.54, 1.807) is 21.3 Å². The molecular weight excluding hydrogens is 1290 g/mol. The lowest BCUT2D eigenvalue weighted by atomic mass is 9.82. The highest BCUT2D eigenvalue weighted by molar-refractivity contribution is 7.74. The summed E-state index contributed by atoms with van der Waals surface area (Å²) in [5.41, 5.74) is 6.98. The van der Waals surface area contributed by atoms with E-state index in [1.165, 1.54) is 131 Å². The summed E-state index contributed by atoms with van der Waals surface area (Å²) in [5.74, 6) is 0.832. The zero-order valence-corrected chi connectivity index (χ0v) is 61.0. The number of benzene rings is 4. The number of carbonyl (C=O) groups excluding carboxylic acids is 3. The van der Waals surface area contributed by atoms with E-state index in [-0.39, 0.29) is 62.5 Å². The van der Waals surface area contributed by atoms with Crippen molar-refractivity contribution >= 4 is 68.4 Å². The zero-order chi connectivity index (χ0) is 73.0. The summed E-state index contributed by atoms with van der Waals surface area (Å²) in [5, 5.41) is 2.75. The van der Waals surface area contributed by atoms with Crippen LogP contribution in [0.2, 0.25) is 0 Å². The number of fused-ring (bicyclic) bond motifs is 1. The predicted molar refractivity (Wildman–Crippen MR) is 422 cm³/mol. The van der Waals surface area contributed by atoms with Crippen molar-refractivity contribution in [2.45, 2.75) is 221 Å². The minimum Gasteiger partial charge on any atom is -0.463 e. The Labute approximate surface area is 618 Å². The summed E-state index contributed by atoms with van der Waals surface area (Å²) < 4.78 is 86.6. The van der Waals surface area contributed by atoms with E-state index in [0.29, 0.717) is 57.4 Å². The first-order chi connectivity index (χ1) is 45.7. The summed E-state index contributed by atoms with van der Waals surface area (Å²) in [6.07, 6.45) is 13.4. The van der Waals surface area contributed by atoms with Gasteiger partial charge in [0.15, 0.2) is 0 Å². The highest BCUT2D eigenvalue weighted by Gasteiger charge is 2.34. The summed E-state index contributed by atoms with van der Waals surface area (Å²) in [6, 6.07) is 31.8. The van der Waals surface area contributed by atoms with Crippen LogP contribution in [0.25, 0.3) is 10.8 Å². The average molecular weight is 1450 g/mol. The molecule has 97 heavy (non-hydrogen) atoms. The average Bonchev–Trinajstić information content (AvgIpc) is 0.865. The van der Waals surface area contributed by atoms with Gasteiger partial charge in [0, 0.05) is 89.5 Å². The second-order valence-corrected chi connectivity index (χ2v) is 28.5. The van der Waals surface area contributed by atoms with Crippen LogP contribution in [0, 0.1) is 16.2 Å². The number of quaternary nitrogens is 3. The van der Waals surface area contributed by atoms with Gasteiger partial charge in [-0.15, -0.1) is 0 Å². The lowest BCUT2D eigenvalue weighted by Crippen LogP contribution is -2.39. The van der Waals surface area contributed by atoms with E-state index in [9.17, 15) is 18.3 Å².